The Morgan fingerprint density at radius 2 is 2.57 bits per heavy atom. The second-order valence-electron chi connectivity index (χ2n) is 3.51. The summed E-state index contributed by atoms with van der Waals surface area (Å²) >= 11 is 7.28. The van der Waals surface area contributed by atoms with Gasteiger partial charge in [0, 0.05) is 19.1 Å². The minimum Gasteiger partial charge on any atom is -0.384 e. The smallest absolute Gasteiger partial charge is 0.184 e. The lowest BCUT2D eigenvalue weighted by Crippen LogP contribution is -2.40. The van der Waals surface area contributed by atoms with Crippen LogP contribution in [-0.2, 0) is 4.74 Å². The molecule has 1 N–H and O–H groups in total. The minimum absolute atomic E-state index is 0.511. The van der Waals surface area contributed by atoms with E-state index in [2.05, 4.69) is 10.3 Å². The van der Waals surface area contributed by atoms with Gasteiger partial charge in [-0.3, -0.25) is 0 Å². The van der Waals surface area contributed by atoms with Crippen molar-refractivity contribution in [2.24, 2.45) is 5.92 Å². The summed E-state index contributed by atoms with van der Waals surface area (Å²) in [4.78, 5) is 4.17. The van der Waals surface area contributed by atoms with Crippen LogP contribution in [0.25, 0.3) is 0 Å². The van der Waals surface area contributed by atoms with Gasteiger partial charge in [-0.1, -0.05) is 22.9 Å². The van der Waals surface area contributed by atoms with E-state index < -0.39 is 0 Å². The maximum absolute atomic E-state index is 5.79. The average Bonchev–Trinajstić information content (AvgIpc) is 2.55. The summed E-state index contributed by atoms with van der Waals surface area (Å²) in [6.07, 6.45) is 4.12. The van der Waals surface area contributed by atoms with Crippen molar-refractivity contribution in [3.05, 3.63) is 10.5 Å². The third-order valence-electron chi connectivity index (χ3n) is 2.58. The highest BCUT2D eigenvalue weighted by Crippen LogP contribution is 2.32. The number of anilines is 1. The van der Waals surface area contributed by atoms with E-state index in [4.69, 9.17) is 16.3 Å². The maximum Gasteiger partial charge on any atom is 0.184 e. The van der Waals surface area contributed by atoms with Crippen LogP contribution in [0.5, 0.6) is 0 Å². The predicted molar refractivity (Wildman–Crippen MR) is 59.1 cm³/mol. The van der Waals surface area contributed by atoms with Gasteiger partial charge in [-0.05, 0) is 12.8 Å². The van der Waals surface area contributed by atoms with E-state index in [1.807, 2.05) is 0 Å². The molecule has 0 spiro atoms. The molecule has 0 unspecified atom stereocenters. The summed E-state index contributed by atoms with van der Waals surface area (Å²) in [7, 11) is 1.75. The van der Waals surface area contributed by atoms with Gasteiger partial charge >= 0.3 is 0 Å². The molecule has 0 aromatic carbocycles. The second kappa shape index (κ2) is 4.47. The minimum atomic E-state index is 0.511. The van der Waals surface area contributed by atoms with Crippen LogP contribution in [0.15, 0.2) is 6.20 Å². The molecule has 1 aliphatic carbocycles. The molecule has 0 radical (unpaired) electrons. The molecule has 5 heteroatoms. The number of rotatable bonds is 4. The Hall–Kier alpha value is -0.320. The summed E-state index contributed by atoms with van der Waals surface area (Å²) in [5.41, 5.74) is 0. The summed E-state index contributed by atoms with van der Waals surface area (Å²) in [6.45, 7) is 0.830. The van der Waals surface area contributed by atoms with Crippen molar-refractivity contribution in [1.82, 2.24) is 4.98 Å². The fourth-order valence-electron chi connectivity index (χ4n) is 1.65. The monoisotopic (exact) mass is 232 g/mol. The molecule has 0 amide bonds. The average molecular weight is 233 g/mol. The second-order valence-corrected chi connectivity index (χ2v) is 5.18. The van der Waals surface area contributed by atoms with Gasteiger partial charge in [0.1, 0.15) is 4.34 Å². The number of nitrogens with zero attached hydrogens (tertiary/aromatic N) is 1. The van der Waals surface area contributed by atoms with Crippen LogP contribution < -0.4 is 5.32 Å². The Kier molecular flexibility index (Phi) is 3.26. The van der Waals surface area contributed by atoms with E-state index in [0.29, 0.717) is 12.0 Å². The molecular formula is C9H13ClN2OS. The summed E-state index contributed by atoms with van der Waals surface area (Å²) in [5, 5.41) is 4.29. The standard InChI is InChI=1S/C9H13ClN2OS/c1-13-5-6-2-3-7(6)12-9-11-4-8(10)14-9/h4,6-7H,2-3,5H2,1H3,(H,11,12)/t6-,7-/m1/s1. The quantitative estimate of drug-likeness (QED) is 0.867. The first-order valence-electron chi connectivity index (χ1n) is 4.66. The number of thiazole rings is 1. The number of methoxy groups -OCH3 is 1. The topological polar surface area (TPSA) is 34.1 Å². The Bertz CT molecular complexity index is 305. The Morgan fingerprint density at radius 1 is 1.71 bits per heavy atom. The van der Waals surface area contributed by atoms with Crippen LogP contribution in [-0.4, -0.2) is 24.7 Å². The Balaban J connectivity index is 1.86. The third-order valence-corrected chi connectivity index (χ3v) is 3.63. The van der Waals surface area contributed by atoms with Gasteiger partial charge < -0.3 is 10.1 Å². The molecule has 3 nitrogen and oxygen atoms in total. The van der Waals surface area contributed by atoms with Gasteiger partial charge in [0.25, 0.3) is 0 Å². The highest BCUT2D eigenvalue weighted by atomic mass is 35.5. The molecule has 1 aromatic rings. The Morgan fingerprint density at radius 3 is 3.07 bits per heavy atom. The first-order valence-corrected chi connectivity index (χ1v) is 5.86. The third kappa shape index (κ3) is 2.19. The first-order chi connectivity index (χ1) is 6.79. The molecular weight excluding hydrogens is 220 g/mol. The SMILES string of the molecule is COC[C@H]1CC[C@H]1Nc1ncc(Cl)s1. The molecule has 0 bridgehead atoms. The van der Waals surface area contributed by atoms with Gasteiger partial charge in [0.2, 0.25) is 0 Å². The van der Waals surface area contributed by atoms with E-state index in [1.165, 1.54) is 24.2 Å². The fraction of sp³-hybridized carbons (Fsp3) is 0.667. The van der Waals surface area contributed by atoms with Gasteiger partial charge in [-0.2, -0.15) is 0 Å². The lowest BCUT2D eigenvalue weighted by molar-refractivity contribution is 0.101. The molecule has 1 saturated carbocycles. The number of hydrogen-bond acceptors (Lipinski definition) is 4. The summed E-state index contributed by atoms with van der Waals surface area (Å²) < 4.78 is 5.87. The van der Waals surface area contributed by atoms with Gasteiger partial charge in [-0.25, -0.2) is 4.98 Å². The maximum atomic E-state index is 5.79. The normalized spacial score (nSPS) is 25.9. The molecule has 1 aliphatic rings. The van der Waals surface area contributed by atoms with Crippen molar-refractivity contribution in [3.8, 4) is 0 Å². The molecule has 0 saturated heterocycles. The van der Waals surface area contributed by atoms with Crippen LogP contribution in [0.3, 0.4) is 0 Å². The van der Waals surface area contributed by atoms with Crippen LogP contribution in [0.1, 0.15) is 12.8 Å². The highest BCUT2D eigenvalue weighted by molar-refractivity contribution is 7.19. The number of halogens is 1. The van der Waals surface area contributed by atoms with Gasteiger partial charge in [0.05, 0.1) is 12.8 Å². The first kappa shape index (κ1) is 10.2. The zero-order valence-corrected chi connectivity index (χ0v) is 9.57. The van der Waals surface area contributed by atoms with Crippen molar-refractivity contribution in [2.45, 2.75) is 18.9 Å². The molecule has 2 rings (SSSR count). The lowest BCUT2D eigenvalue weighted by atomic mass is 9.80. The lowest BCUT2D eigenvalue weighted by Gasteiger charge is -2.36. The van der Waals surface area contributed by atoms with Crippen molar-refractivity contribution < 1.29 is 4.74 Å². The van der Waals surface area contributed by atoms with Gasteiger partial charge in [-0.15, -0.1) is 0 Å². The largest absolute Gasteiger partial charge is 0.384 e. The van der Waals surface area contributed by atoms with Crippen LogP contribution in [0, 0.1) is 5.92 Å². The highest BCUT2D eigenvalue weighted by Gasteiger charge is 2.31. The van der Waals surface area contributed by atoms with Crippen molar-refractivity contribution in [3.63, 3.8) is 0 Å². The summed E-state index contributed by atoms with van der Waals surface area (Å²) in [6, 6.07) is 0.511. The molecule has 1 heterocycles. The van der Waals surface area contributed by atoms with Crippen LogP contribution >= 0.6 is 22.9 Å². The Labute approximate surface area is 92.4 Å². The zero-order valence-electron chi connectivity index (χ0n) is 8.00. The zero-order chi connectivity index (χ0) is 9.97. The summed E-state index contributed by atoms with van der Waals surface area (Å²) in [5.74, 6) is 0.627. The van der Waals surface area contributed by atoms with E-state index in [9.17, 15) is 0 Å². The molecule has 2 atom stereocenters. The number of hydrogen-bond donors (Lipinski definition) is 1. The molecule has 1 aromatic heterocycles. The van der Waals surface area contributed by atoms with Crippen LogP contribution in [0.2, 0.25) is 4.34 Å². The predicted octanol–water partition coefficient (Wildman–Crippen LogP) is 2.63. The van der Waals surface area contributed by atoms with E-state index in [0.717, 1.165) is 16.1 Å². The van der Waals surface area contributed by atoms with E-state index in [1.54, 1.807) is 13.3 Å². The molecule has 0 aliphatic heterocycles. The van der Waals surface area contributed by atoms with Crippen molar-refractivity contribution >= 4 is 28.1 Å². The molecule has 1 fully saturated rings. The van der Waals surface area contributed by atoms with E-state index in [-0.39, 0.29) is 0 Å². The molecule has 14 heavy (non-hydrogen) atoms. The van der Waals surface area contributed by atoms with Crippen LogP contribution in [0.4, 0.5) is 5.13 Å². The van der Waals surface area contributed by atoms with E-state index >= 15 is 0 Å². The van der Waals surface area contributed by atoms with Crippen molar-refractivity contribution in [1.29, 1.82) is 0 Å². The number of ether oxygens (including phenoxy) is 1. The molecule has 78 valence electrons. The fourth-order valence-corrected chi connectivity index (χ4v) is 2.53. The number of aromatic nitrogens is 1. The van der Waals surface area contributed by atoms with Crippen molar-refractivity contribution in [2.75, 3.05) is 19.0 Å². The number of nitrogens with one attached hydrogen (secondary N) is 1. The van der Waals surface area contributed by atoms with Gasteiger partial charge in [0.15, 0.2) is 5.13 Å².